The molecule has 70 valence electrons. The summed E-state index contributed by atoms with van der Waals surface area (Å²) >= 11 is 0. The van der Waals surface area contributed by atoms with Crippen LogP contribution in [0, 0.1) is 0 Å². The van der Waals surface area contributed by atoms with E-state index in [1.807, 2.05) is 0 Å². The topological polar surface area (TPSA) is 69.0 Å². The summed E-state index contributed by atoms with van der Waals surface area (Å²) in [6, 6.07) is 0. The average Bonchev–Trinajstić information content (AvgIpc) is 2.06. The van der Waals surface area contributed by atoms with Gasteiger partial charge in [0.15, 0.2) is 0 Å². The van der Waals surface area contributed by atoms with Crippen LogP contribution in [0.3, 0.4) is 0 Å². The van der Waals surface area contributed by atoms with Gasteiger partial charge in [0, 0.05) is 4.91 Å². The second-order valence-electron chi connectivity index (χ2n) is 3.30. The first-order valence-electron chi connectivity index (χ1n) is 4.35. The molecular formula is C8H17N3O. The van der Waals surface area contributed by atoms with Crippen molar-refractivity contribution in [3.63, 3.8) is 0 Å². The Bertz CT molecular complexity index is 166. The minimum absolute atomic E-state index is 0.0687. The molecule has 0 saturated carbocycles. The lowest BCUT2D eigenvalue weighted by Gasteiger charge is -2.20. The van der Waals surface area contributed by atoms with Crippen LogP contribution in [-0.4, -0.2) is 17.3 Å². The van der Waals surface area contributed by atoms with E-state index in [9.17, 15) is 0 Å². The van der Waals surface area contributed by atoms with Gasteiger partial charge in [-0.25, -0.2) is 0 Å². The molecule has 1 N–H and O–H groups in total. The van der Waals surface area contributed by atoms with Gasteiger partial charge >= 0.3 is 0 Å². The third-order valence-electron chi connectivity index (χ3n) is 1.95. The van der Waals surface area contributed by atoms with Gasteiger partial charge in [0.2, 0.25) is 0 Å². The number of hydrogen-bond donors (Lipinski definition) is 1. The van der Waals surface area contributed by atoms with E-state index in [0.29, 0.717) is 0 Å². The van der Waals surface area contributed by atoms with Gasteiger partial charge in [-0.1, -0.05) is 38.2 Å². The molecule has 1 unspecified atom stereocenters. The maximum Gasteiger partial charge on any atom is 0.0690 e. The quantitative estimate of drug-likeness (QED) is 0.284. The highest BCUT2D eigenvalue weighted by molar-refractivity contribution is 4.82. The van der Waals surface area contributed by atoms with Gasteiger partial charge in [0.1, 0.15) is 0 Å². The Morgan fingerprint density at radius 2 is 2.17 bits per heavy atom. The monoisotopic (exact) mass is 171 g/mol. The van der Waals surface area contributed by atoms with E-state index in [2.05, 4.69) is 16.9 Å². The summed E-state index contributed by atoms with van der Waals surface area (Å²) in [4.78, 5) is 2.72. The zero-order chi connectivity index (χ0) is 9.45. The molecule has 0 aromatic heterocycles. The van der Waals surface area contributed by atoms with Gasteiger partial charge < -0.3 is 5.11 Å². The van der Waals surface area contributed by atoms with E-state index in [1.165, 1.54) is 0 Å². The summed E-state index contributed by atoms with van der Waals surface area (Å²) in [7, 11) is 0. The Morgan fingerprint density at radius 3 is 2.58 bits per heavy atom. The van der Waals surface area contributed by atoms with Gasteiger partial charge in [-0.05, 0) is 12.0 Å². The Balaban J connectivity index is 3.87. The van der Waals surface area contributed by atoms with Gasteiger partial charge in [-0.3, -0.25) is 0 Å². The summed E-state index contributed by atoms with van der Waals surface area (Å²) in [6.07, 6.45) is 4.03. The molecule has 1 atom stereocenters. The molecule has 0 bridgehead atoms. The van der Waals surface area contributed by atoms with Crippen molar-refractivity contribution < 1.29 is 5.11 Å². The molecule has 0 saturated heterocycles. The van der Waals surface area contributed by atoms with E-state index in [1.54, 1.807) is 6.92 Å². The molecule has 4 nitrogen and oxygen atoms in total. The van der Waals surface area contributed by atoms with Crippen molar-refractivity contribution in [2.45, 2.75) is 45.1 Å². The summed E-state index contributed by atoms with van der Waals surface area (Å²) < 4.78 is 0. The lowest BCUT2D eigenvalue weighted by atomic mass is 9.97. The Hall–Kier alpha value is -0.730. The highest BCUT2D eigenvalue weighted by Crippen LogP contribution is 2.18. The smallest absolute Gasteiger partial charge is 0.0690 e. The zero-order valence-electron chi connectivity index (χ0n) is 7.82. The lowest BCUT2D eigenvalue weighted by molar-refractivity contribution is 0.197. The molecule has 4 heteroatoms. The Labute approximate surface area is 73.2 Å². The van der Waals surface area contributed by atoms with Crippen molar-refractivity contribution in [3.05, 3.63) is 10.4 Å². The molecule has 0 aliphatic carbocycles. The zero-order valence-corrected chi connectivity index (χ0v) is 7.82. The number of hydrogen-bond acceptors (Lipinski definition) is 2. The van der Waals surface area contributed by atoms with Gasteiger partial charge in [-0.15, -0.1) is 0 Å². The van der Waals surface area contributed by atoms with E-state index < -0.39 is 5.54 Å². The van der Waals surface area contributed by atoms with E-state index in [0.717, 1.165) is 25.7 Å². The van der Waals surface area contributed by atoms with E-state index in [-0.39, 0.29) is 6.61 Å². The number of aliphatic hydroxyl groups is 1. The van der Waals surface area contributed by atoms with E-state index in [4.69, 9.17) is 10.6 Å². The van der Waals surface area contributed by atoms with Gasteiger partial charge in [-0.2, -0.15) is 0 Å². The van der Waals surface area contributed by atoms with Gasteiger partial charge in [0.05, 0.1) is 12.1 Å². The molecular weight excluding hydrogens is 154 g/mol. The van der Waals surface area contributed by atoms with Crippen molar-refractivity contribution in [2.24, 2.45) is 5.11 Å². The fraction of sp³-hybridized carbons (Fsp3) is 1.00. The number of nitrogens with zero attached hydrogens (tertiary/aromatic N) is 3. The maximum atomic E-state index is 8.95. The third kappa shape index (κ3) is 4.21. The molecule has 0 fully saturated rings. The minimum atomic E-state index is -0.593. The van der Waals surface area contributed by atoms with E-state index >= 15 is 0 Å². The molecule has 0 aliphatic rings. The van der Waals surface area contributed by atoms with Crippen molar-refractivity contribution in [2.75, 3.05) is 6.61 Å². The van der Waals surface area contributed by atoms with Crippen molar-refractivity contribution in [3.8, 4) is 0 Å². The number of aliphatic hydroxyl groups excluding tert-OH is 1. The maximum absolute atomic E-state index is 8.95. The van der Waals surface area contributed by atoms with Crippen LogP contribution < -0.4 is 0 Å². The molecule has 0 spiro atoms. The number of unbranched alkanes of at least 4 members (excludes halogenated alkanes) is 2. The van der Waals surface area contributed by atoms with Crippen LogP contribution in [0.4, 0.5) is 0 Å². The molecule has 0 rings (SSSR count). The van der Waals surface area contributed by atoms with Crippen LogP contribution in [0.1, 0.15) is 39.5 Å². The van der Waals surface area contributed by atoms with Crippen LogP contribution in [0.15, 0.2) is 5.11 Å². The van der Waals surface area contributed by atoms with Crippen LogP contribution in [0.25, 0.3) is 10.4 Å². The van der Waals surface area contributed by atoms with Crippen LogP contribution >= 0.6 is 0 Å². The fourth-order valence-corrected chi connectivity index (χ4v) is 1.02. The molecule has 0 aromatic carbocycles. The van der Waals surface area contributed by atoms with Gasteiger partial charge in [0.25, 0.3) is 0 Å². The largest absolute Gasteiger partial charge is 0.396 e. The number of azide groups is 1. The highest BCUT2D eigenvalue weighted by Gasteiger charge is 2.20. The normalized spacial score (nSPS) is 14.9. The third-order valence-corrected chi connectivity index (χ3v) is 1.95. The lowest BCUT2D eigenvalue weighted by Crippen LogP contribution is -2.25. The van der Waals surface area contributed by atoms with Crippen LogP contribution in [-0.2, 0) is 0 Å². The average molecular weight is 171 g/mol. The van der Waals surface area contributed by atoms with Crippen LogP contribution in [0.2, 0.25) is 0 Å². The molecule has 0 heterocycles. The second-order valence-corrected chi connectivity index (χ2v) is 3.30. The second kappa shape index (κ2) is 5.86. The summed E-state index contributed by atoms with van der Waals surface area (Å²) in [5.41, 5.74) is 7.64. The minimum Gasteiger partial charge on any atom is -0.396 e. The molecule has 0 amide bonds. The standard InChI is InChI=1S/C8H17N3O/c1-3-4-5-6-8(2,7-12)10-11-9/h12H,3-7H2,1-2H3. The van der Waals surface area contributed by atoms with Crippen molar-refractivity contribution >= 4 is 0 Å². The predicted octanol–water partition coefficient (Wildman–Crippen LogP) is 2.63. The summed E-state index contributed by atoms with van der Waals surface area (Å²) in [5.74, 6) is 0. The van der Waals surface area contributed by atoms with Crippen molar-refractivity contribution in [1.82, 2.24) is 0 Å². The predicted molar refractivity (Wildman–Crippen MR) is 48.8 cm³/mol. The SMILES string of the molecule is CCCCCC(C)(CO)N=[N+]=[N-]. The fourth-order valence-electron chi connectivity index (χ4n) is 1.02. The Kier molecular flexibility index (Phi) is 5.51. The van der Waals surface area contributed by atoms with Crippen molar-refractivity contribution in [1.29, 1.82) is 0 Å². The Morgan fingerprint density at radius 1 is 1.50 bits per heavy atom. The molecule has 12 heavy (non-hydrogen) atoms. The molecule has 0 aliphatic heterocycles. The number of rotatable bonds is 6. The summed E-state index contributed by atoms with van der Waals surface area (Å²) in [6.45, 7) is 3.83. The molecule has 0 radical (unpaired) electrons. The first kappa shape index (κ1) is 11.3. The summed E-state index contributed by atoms with van der Waals surface area (Å²) in [5, 5.41) is 12.5. The molecule has 0 aromatic rings. The van der Waals surface area contributed by atoms with Crippen LogP contribution in [0.5, 0.6) is 0 Å². The highest BCUT2D eigenvalue weighted by atomic mass is 16.3. The first-order chi connectivity index (χ1) is 5.68. The first-order valence-corrected chi connectivity index (χ1v) is 4.35.